The van der Waals surface area contributed by atoms with Crippen LogP contribution in [0.5, 0.6) is 0 Å². The summed E-state index contributed by atoms with van der Waals surface area (Å²) in [5.74, 6) is -0.961. The molecule has 0 saturated heterocycles. The van der Waals surface area contributed by atoms with E-state index in [1.54, 1.807) is 6.07 Å². The lowest BCUT2D eigenvalue weighted by Crippen LogP contribution is -2.28. The van der Waals surface area contributed by atoms with Gasteiger partial charge in [0, 0.05) is 23.4 Å². The predicted molar refractivity (Wildman–Crippen MR) is 60.7 cm³/mol. The number of halogens is 1. The molecule has 0 radical (unpaired) electrons. The SMILES string of the molecule is O=C(NCCS(=O)(=O)O)c1cncc(Br)c1. The van der Waals surface area contributed by atoms with Crippen LogP contribution < -0.4 is 5.32 Å². The maximum absolute atomic E-state index is 11.4. The Labute approximate surface area is 101 Å². The molecule has 0 spiro atoms. The van der Waals surface area contributed by atoms with E-state index in [1.807, 2.05) is 0 Å². The summed E-state index contributed by atoms with van der Waals surface area (Å²) in [5, 5.41) is 2.34. The molecular weight excluding hydrogens is 300 g/mol. The van der Waals surface area contributed by atoms with Crippen LogP contribution in [0, 0.1) is 0 Å². The van der Waals surface area contributed by atoms with E-state index in [2.05, 4.69) is 26.2 Å². The van der Waals surface area contributed by atoms with Crippen molar-refractivity contribution in [2.45, 2.75) is 0 Å². The summed E-state index contributed by atoms with van der Waals surface area (Å²) in [7, 11) is -4.05. The molecule has 16 heavy (non-hydrogen) atoms. The van der Waals surface area contributed by atoms with E-state index in [0.717, 1.165) is 0 Å². The Bertz CT molecular complexity index is 489. The molecule has 0 aliphatic carbocycles. The van der Waals surface area contributed by atoms with Gasteiger partial charge >= 0.3 is 0 Å². The van der Waals surface area contributed by atoms with Gasteiger partial charge in [0.15, 0.2) is 0 Å². The molecule has 88 valence electrons. The summed E-state index contributed by atoms with van der Waals surface area (Å²) in [6.07, 6.45) is 2.88. The van der Waals surface area contributed by atoms with Crippen molar-refractivity contribution in [1.82, 2.24) is 10.3 Å². The van der Waals surface area contributed by atoms with Crippen molar-refractivity contribution in [2.75, 3.05) is 12.3 Å². The number of aromatic nitrogens is 1. The van der Waals surface area contributed by atoms with Gasteiger partial charge in [0.2, 0.25) is 0 Å². The predicted octanol–water partition coefficient (Wildman–Crippen LogP) is 0.462. The molecule has 1 aromatic rings. The Hall–Kier alpha value is -0.990. The van der Waals surface area contributed by atoms with Crippen LogP contribution in [0.15, 0.2) is 22.9 Å². The Kier molecular flexibility index (Phi) is 4.39. The molecule has 2 N–H and O–H groups in total. The van der Waals surface area contributed by atoms with Crippen LogP contribution in [0.1, 0.15) is 10.4 Å². The number of nitrogens with one attached hydrogen (secondary N) is 1. The zero-order valence-electron chi connectivity index (χ0n) is 8.05. The second kappa shape index (κ2) is 5.37. The van der Waals surface area contributed by atoms with Crippen molar-refractivity contribution in [3.63, 3.8) is 0 Å². The number of nitrogens with zero attached hydrogens (tertiary/aromatic N) is 1. The number of carbonyl (C=O) groups excluding carboxylic acids is 1. The first-order valence-corrected chi connectivity index (χ1v) is 6.62. The fourth-order valence-electron chi connectivity index (χ4n) is 0.932. The van der Waals surface area contributed by atoms with Crippen molar-refractivity contribution in [3.8, 4) is 0 Å². The Morgan fingerprint density at radius 2 is 2.19 bits per heavy atom. The molecule has 0 aromatic carbocycles. The zero-order chi connectivity index (χ0) is 12.2. The van der Waals surface area contributed by atoms with Gasteiger partial charge in [-0.05, 0) is 22.0 Å². The van der Waals surface area contributed by atoms with Crippen LogP contribution in [0.25, 0.3) is 0 Å². The molecule has 6 nitrogen and oxygen atoms in total. The molecule has 0 bridgehead atoms. The van der Waals surface area contributed by atoms with E-state index in [1.165, 1.54) is 12.4 Å². The van der Waals surface area contributed by atoms with E-state index >= 15 is 0 Å². The Morgan fingerprint density at radius 1 is 1.50 bits per heavy atom. The van der Waals surface area contributed by atoms with Crippen LogP contribution in [-0.4, -0.2) is 36.2 Å². The van der Waals surface area contributed by atoms with Gasteiger partial charge < -0.3 is 5.32 Å². The summed E-state index contributed by atoms with van der Waals surface area (Å²) in [4.78, 5) is 15.2. The number of rotatable bonds is 4. The summed E-state index contributed by atoms with van der Waals surface area (Å²) >= 11 is 3.15. The van der Waals surface area contributed by atoms with Gasteiger partial charge in [-0.25, -0.2) is 0 Å². The van der Waals surface area contributed by atoms with Gasteiger partial charge in [0.1, 0.15) is 0 Å². The molecule has 1 aromatic heterocycles. The standard InChI is InChI=1S/C8H9BrN2O4S/c9-7-3-6(4-10-5-7)8(12)11-1-2-16(13,14)15/h3-5H,1-2H2,(H,11,12)(H,13,14,15). The van der Waals surface area contributed by atoms with Gasteiger partial charge in [0.05, 0.1) is 11.3 Å². The van der Waals surface area contributed by atoms with Gasteiger partial charge in [-0.1, -0.05) is 0 Å². The first kappa shape index (κ1) is 13.1. The fraction of sp³-hybridized carbons (Fsp3) is 0.250. The van der Waals surface area contributed by atoms with Gasteiger partial charge in [-0.3, -0.25) is 14.3 Å². The summed E-state index contributed by atoms with van der Waals surface area (Å²) in [6.45, 7) is -0.149. The molecule has 0 atom stereocenters. The highest BCUT2D eigenvalue weighted by atomic mass is 79.9. The van der Waals surface area contributed by atoms with Crippen molar-refractivity contribution in [2.24, 2.45) is 0 Å². The van der Waals surface area contributed by atoms with E-state index in [4.69, 9.17) is 4.55 Å². The maximum Gasteiger partial charge on any atom is 0.266 e. The van der Waals surface area contributed by atoms with Crippen LogP contribution >= 0.6 is 15.9 Å². The second-order valence-electron chi connectivity index (χ2n) is 2.93. The molecule has 1 amide bonds. The molecule has 0 aliphatic heterocycles. The molecule has 0 fully saturated rings. The molecule has 1 rings (SSSR count). The van der Waals surface area contributed by atoms with Crippen LogP contribution in [0.3, 0.4) is 0 Å². The highest BCUT2D eigenvalue weighted by Crippen LogP contribution is 2.09. The summed E-state index contributed by atoms with van der Waals surface area (Å²) in [5.41, 5.74) is 0.310. The highest BCUT2D eigenvalue weighted by molar-refractivity contribution is 9.10. The number of pyridine rings is 1. The van der Waals surface area contributed by atoms with Crippen LogP contribution in [0.4, 0.5) is 0 Å². The quantitative estimate of drug-likeness (QED) is 0.788. The van der Waals surface area contributed by atoms with Gasteiger partial charge in [-0.15, -0.1) is 0 Å². The average molecular weight is 309 g/mol. The lowest BCUT2D eigenvalue weighted by molar-refractivity contribution is 0.0955. The van der Waals surface area contributed by atoms with Gasteiger partial charge in [0.25, 0.3) is 16.0 Å². The van der Waals surface area contributed by atoms with Crippen molar-refractivity contribution >= 4 is 32.0 Å². The molecule has 8 heteroatoms. The lowest BCUT2D eigenvalue weighted by Gasteiger charge is -2.03. The smallest absolute Gasteiger partial charge is 0.266 e. The lowest BCUT2D eigenvalue weighted by atomic mass is 10.3. The molecule has 1 heterocycles. The van der Waals surface area contributed by atoms with E-state index in [-0.39, 0.29) is 6.54 Å². The third-order valence-electron chi connectivity index (χ3n) is 1.61. The Balaban J connectivity index is 2.54. The summed E-state index contributed by atoms with van der Waals surface area (Å²) in [6, 6.07) is 1.55. The third-order valence-corrected chi connectivity index (χ3v) is 2.77. The first-order chi connectivity index (χ1) is 7.38. The zero-order valence-corrected chi connectivity index (χ0v) is 10.5. The normalized spacial score (nSPS) is 11.1. The highest BCUT2D eigenvalue weighted by Gasteiger charge is 2.08. The van der Waals surface area contributed by atoms with E-state index < -0.39 is 21.8 Å². The summed E-state index contributed by atoms with van der Waals surface area (Å²) < 4.78 is 29.9. The number of hydrogen-bond acceptors (Lipinski definition) is 4. The van der Waals surface area contributed by atoms with Crippen molar-refractivity contribution in [1.29, 1.82) is 0 Å². The number of hydrogen-bond donors (Lipinski definition) is 2. The van der Waals surface area contributed by atoms with Gasteiger partial charge in [-0.2, -0.15) is 8.42 Å². The van der Waals surface area contributed by atoms with Crippen LogP contribution in [0.2, 0.25) is 0 Å². The van der Waals surface area contributed by atoms with Crippen molar-refractivity contribution in [3.05, 3.63) is 28.5 Å². The minimum atomic E-state index is -4.05. The molecule has 0 unspecified atom stereocenters. The average Bonchev–Trinajstić information content (AvgIpc) is 2.15. The fourth-order valence-corrected chi connectivity index (χ4v) is 1.66. The van der Waals surface area contributed by atoms with Crippen LogP contribution in [-0.2, 0) is 10.1 Å². The van der Waals surface area contributed by atoms with E-state index in [0.29, 0.717) is 10.0 Å². The number of amides is 1. The molecule has 0 aliphatic rings. The minimum absolute atomic E-state index is 0.149. The third kappa shape index (κ3) is 4.69. The van der Waals surface area contributed by atoms with Crippen molar-refractivity contribution < 1.29 is 17.8 Å². The Morgan fingerprint density at radius 3 is 2.75 bits per heavy atom. The largest absolute Gasteiger partial charge is 0.351 e. The molecule has 0 saturated carbocycles. The van der Waals surface area contributed by atoms with E-state index in [9.17, 15) is 13.2 Å². The maximum atomic E-state index is 11.4. The second-order valence-corrected chi connectivity index (χ2v) is 5.42. The topological polar surface area (TPSA) is 96.4 Å². The first-order valence-electron chi connectivity index (χ1n) is 4.22. The molecular formula is C8H9BrN2O4S. The minimum Gasteiger partial charge on any atom is -0.351 e. The monoisotopic (exact) mass is 308 g/mol. The number of carbonyl (C=O) groups is 1.